The van der Waals surface area contributed by atoms with E-state index in [4.69, 9.17) is 17.3 Å². The number of aliphatic carboxylic acids is 1. The van der Waals surface area contributed by atoms with E-state index in [0.29, 0.717) is 37.1 Å². The molecule has 17 heteroatoms. The molecule has 14 nitrogen and oxygen atoms in total. The van der Waals surface area contributed by atoms with E-state index in [1.165, 1.54) is 11.8 Å². The van der Waals surface area contributed by atoms with Gasteiger partial charge in [0.05, 0.1) is 6.61 Å². The van der Waals surface area contributed by atoms with Crippen LogP contribution in [0.3, 0.4) is 0 Å². The standard InChI is InChI=1S/C22H24ClN7O7S2/c23-16-12(27-22(24)39-16)13(28-37)17(32)26-14-19(34)30-15(21(35)36)9(7-38-20(14)30)3-8-1-2-29(18(8)33)11-4-10(6-31)25-5-11/h3,10-11,14,20,25,31,37H,1-2,4-7H2,(H2,24,27)(H,26,32)(H,35,36)/t10-,11+,14+,20+/m0/s1. The topological polar surface area (TPSA) is 211 Å². The summed E-state index contributed by atoms with van der Waals surface area (Å²) in [4.78, 5) is 57.8. The third kappa shape index (κ3) is 4.86. The Balaban J connectivity index is 1.32. The summed E-state index contributed by atoms with van der Waals surface area (Å²) in [6.45, 7) is 1.05. The number of aliphatic hydroxyl groups excluding tert-OH is 1. The van der Waals surface area contributed by atoms with E-state index in [1.807, 2.05) is 0 Å². The summed E-state index contributed by atoms with van der Waals surface area (Å²) in [5, 5.41) is 36.6. The van der Waals surface area contributed by atoms with Crippen molar-refractivity contribution in [1.29, 1.82) is 0 Å². The number of carbonyl (C=O) groups excluding carboxylic acids is 3. The molecular formula is C22H24ClN7O7S2. The van der Waals surface area contributed by atoms with Crippen molar-refractivity contribution in [2.75, 3.05) is 31.2 Å². The highest BCUT2D eigenvalue weighted by Gasteiger charge is 2.54. The van der Waals surface area contributed by atoms with E-state index in [2.05, 4.69) is 20.8 Å². The molecule has 7 N–H and O–H groups in total. The first-order valence-electron chi connectivity index (χ1n) is 11.9. The summed E-state index contributed by atoms with van der Waals surface area (Å²) >= 11 is 8.11. The van der Waals surface area contributed by atoms with Gasteiger partial charge >= 0.3 is 5.97 Å². The predicted octanol–water partition coefficient (Wildman–Crippen LogP) is -0.823. The van der Waals surface area contributed by atoms with Crippen molar-refractivity contribution in [3.63, 3.8) is 0 Å². The van der Waals surface area contributed by atoms with E-state index in [1.54, 1.807) is 11.0 Å². The molecule has 0 saturated carbocycles. The van der Waals surface area contributed by atoms with Crippen LogP contribution in [0.2, 0.25) is 4.34 Å². The summed E-state index contributed by atoms with van der Waals surface area (Å²) < 4.78 is 0.0234. The van der Waals surface area contributed by atoms with Crippen LogP contribution < -0.4 is 16.4 Å². The molecule has 1 aromatic rings. The largest absolute Gasteiger partial charge is 0.477 e. The smallest absolute Gasteiger partial charge is 0.352 e. The second kappa shape index (κ2) is 10.8. The number of β-lactam (4-membered cyclic amide) rings is 1. The second-order valence-corrected chi connectivity index (χ2v) is 12.0. The van der Waals surface area contributed by atoms with Crippen molar-refractivity contribution in [3.8, 4) is 0 Å². The van der Waals surface area contributed by atoms with Gasteiger partial charge in [0.1, 0.15) is 27.1 Å². The number of carbonyl (C=O) groups is 4. The Morgan fingerprint density at radius 1 is 1.36 bits per heavy atom. The van der Waals surface area contributed by atoms with Gasteiger partial charge in [-0.2, -0.15) is 0 Å². The van der Waals surface area contributed by atoms with Gasteiger partial charge < -0.3 is 36.7 Å². The summed E-state index contributed by atoms with van der Waals surface area (Å²) in [7, 11) is 0. The number of carboxylic acid groups (broad SMARTS) is 1. The number of hydrogen-bond donors (Lipinski definition) is 6. The number of nitrogens with zero attached hydrogens (tertiary/aromatic N) is 4. The average Bonchev–Trinajstić information content (AvgIpc) is 3.61. The summed E-state index contributed by atoms with van der Waals surface area (Å²) in [6.07, 6.45) is 2.62. The normalized spacial score (nSPS) is 28.3. The molecular weight excluding hydrogens is 574 g/mol. The number of nitrogens with two attached hydrogens (primary N) is 1. The fourth-order valence-corrected chi connectivity index (χ4v) is 7.36. The van der Waals surface area contributed by atoms with Crippen LogP contribution in [0.15, 0.2) is 28.1 Å². The van der Waals surface area contributed by atoms with Gasteiger partial charge in [0.25, 0.3) is 11.8 Å². The minimum absolute atomic E-state index is 0.0128. The molecule has 4 aliphatic rings. The van der Waals surface area contributed by atoms with Gasteiger partial charge in [0.15, 0.2) is 10.8 Å². The maximum atomic E-state index is 13.1. The fourth-order valence-electron chi connectivity index (χ4n) is 5.13. The van der Waals surface area contributed by atoms with Crippen molar-refractivity contribution in [3.05, 3.63) is 32.9 Å². The number of likely N-dealkylation sites (tertiary alicyclic amines) is 1. The predicted molar refractivity (Wildman–Crippen MR) is 141 cm³/mol. The number of nitrogen functional groups attached to an aromatic ring is 1. The highest BCUT2D eigenvalue weighted by Crippen LogP contribution is 2.41. The number of thiazole rings is 1. The maximum Gasteiger partial charge on any atom is 0.352 e. The zero-order valence-electron chi connectivity index (χ0n) is 20.2. The second-order valence-electron chi connectivity index (χ2n) is 9.26. The van der Waals surface area contributed by atoms with Gasteiger partial charge in [-0.25, -0.2) is 9.78 Å². The lowest BCUT2D eigenvalue weighted by atomic mass is 10.0. The first-order valence-corrected chi connectivity index (χ1v) is 14.1. The van der Waals surface area contributed by atoms with Crippen LogP contribution in [0.25, 0.3) is 0 Å². The minimum Gasteiger partial charge on any atom is -0.477 e. The van der Waals surface area contributed by atoms with Crippen LogP contribution >= 0.6 is 34.7 Å². The van der Waals surface area contributed by atoms with Crippen LogP contribution in [0, 0.1) is 0 Å². The lowest BCUT2D eigenvalue weighted by Crippen LogP contribution is -2.71. The van der Waals surface area contributed by atoms with E-state index >= 15 is 0 Å². The molecule has 208 valence electrons. The first kappa shape index (κ1) is 27.4. The summed E-state index contributed by atoms with van der Waals surface area (Å²) in [6, 6.07) is -1.20. The maximum absolute atomic E-state index is 13.1. The number of allylic oxidation sites excluding steroid dienone is 1. The van der Waals surface area contributed by atoms with Gasteiger partial charge in [-0.05, 0) is 24.5 Å². The highest BCUT2D eigenvalue weighted by molar-refractivity contribution is 8.00. The van der Waals surface area contributed by atoms with E-state index < -0.39 is 34.9 Å². The van der Waals surface area contributed by atoms with Gasteiger partial charge in [0.2, 0.25) is 5.91 Å². The lowest BCUT2D eigenvalue weighted by Gasteiger charge is -2.49. The van der Waals surface area contributed by atoms with Crippen LogP contribution in [0.5, 0.6) is 0 Å². The molecule has 4 aliphatic heterocycles. The van der Waals surface area contributed by atoms with Crippen molar-refractivity contribution < 1.29 is 34.6 Å². The Labute approximate surface area is 234 Å². The Morgan fingerprint density at radius 3 is 2.74 bits per heavy atom. The number of oxime groups is 1. The Hall–Kier alpha value is -3.18. The molecule has 3 amide bonds. The van der Waals surface area contributed by atoms with E-state index in [-0.39, 0.29) is 51.2 Å². The molecule has 0 unspecified atom stereocenters. The third-order valence-electron chi connectivity index (χ3n) is 6.99. The molecule has 0 bridgehead atoms. The van der Waals surface area contributed by atoms with Crippen LogP contribution in [-0.4, -0.2) is 109 Å². The van der Waals surface area contributed by atoms with Crippen LogP contribution in [-0.2, 0) is 19.2 Å². The minimum atomic E-state index is -1.33. The Bertz CT molecular complexity index is 1350. The average molecular weight is 598 g/mol. The summed E-state index contributed by atoms with van der Waals surface area (Å²) in [5.74, 6) is -2.94. The number of carboxylic acids is 1. The van der Waals surface area contributed by atoms with E-state index in [9.17, 15) is 34.6 Å². The number of aromatic nitrogens is 1. The zero-order chi connectivity index (χ0) is 28.0. The van der Waals surface area contributed by atoms with Crippen molar-refractivity contribution in [2.45, 2.75) is 36.3 Å². The number of nitrogens with one attached hydrogen (secondary N) is 2. The number of thioether (sulfide) groups is 1. The number of aliphatic hydroxyl groups is 1. The molecule has 5 rings (SSSR count). The number of amides is 3. The molecule has 39 heavy (non-hydrogen) atoms. The Morgan fingerprint density at radius 2 is 2.13 bits per heavy atom. The number of halogens is 1. The SMILES string of the molecule is Nc1nc(C(=NO)C(=O)N[C@@H]2C(=O)N3C(C(=O)O)=C(C=C4CCN([C@H]5CN[C@H](CO)C5)C4=O)CS[C@H]23)c(Cl)s1. The lowest BCUT2D eigenvalue weighted by molar-refractivity contribution is -0.150. The Kier molecular flexibility index (Phi) is 7.56. The van der Waals surface area contributed by atoms with Crippen molar-refractivity contribution in [1.82, 2.24) is 25.4 Å². The molecule has 5 heterocycles. The number of anilines is 1. The molecule has 3 saturated heterocycles. The zero-order valence-corrected chi connectivity index (χ0v) is 22.6. The van der Waals surface area contributed by atoms with Gasteiger partial charge in [0, 0.05) is 36.5 Å². The quantitative estimate of drug-likeness (QED) is 0.0751. The van der Waals surface area contributed by atoms with E-state index in [0.717, 1.165) is 16.2 Å². The van der Waals surface area contributed by atoms with Crippen molar-refractivity contribution in [2.24, 2.45) is 5.16 Å². The van der Waals surface area contributed by atoms with Gasteiger partial charge in [-0.15, -0.1) is 11.8 Å². The number of fused-ring (bicyclic) bond motifs is 1. The molecule has 1 aromatic heterocycles. The first-order chi connectivity index (χ1) is 18.6. The summed E-state index contributed by atoms with van der Waals surface area (Å²) in [5.41, 5.74) is 5.44. The number of hydrogen-bond acceptors (Lipinski definition) is 12. The molecule has 3 fully saturated rings. The van der Waals surface area contributed by atoms with Gasteiger partial charge in [-0.3, -0.25) is 19.3 Å². The monoisotopic (exact) mass is 597 g/mol. The molecule has 4 atom stereocenters. The third-order valence-corrected chi connectivity index (χ3v) is 9.38. The molecule has 0 aromatic carbocycles. The van der Waals surface area contributed by atoms with Gasteiger partial charge in [-0.1, -0.05) is 28.1 Å². The van der Waals surface area contributed by atoms with Crippen molar-refractivity contribution >= 4 is 69.2 Å². The van der Waals surface area contributed by atoms with Crippen LogP contribution in [0.1, 0.15) is 18.5 Å². The highest BCUT2D eigenvalue weighted by atomic mass is 35.5. The number of rotatable bonds is 7. The molecule has 0 radical (unpaired) electrons. The fraction of sp³-hybridized carbons (Fsp3) is 0.455. The molecule has 0 aliphatic carbocycles. The molecule has 0 spiro atoms. The van der Waals surface area contributed by atoms with Crippen LogP contribution in [0.4, 0.5) is 5.13 Å².